The fourth-order valence-electron chi connectivity index (χ4n) is 5.28. The van der Waals surface area contributed by atoms with E-state index >= 15 is 0 Å². The van der Waals surface area contributed by atoms with Gasteiger partial charge in [-0.1, -0.05) is 48.0 Å². The van der Waals surface area contributed by atoms with E-state index in [0.29, 0.717) is 11.7 Å². The molecule has 0 bridgehead atoms. The van der Waals surface area contributed by atoms with E-state index in [0.717, 1.165) is 6.92 Å². The molecule has 0 unspecified atom stereocenters. The van der Waals surface area contributed by atoms with Gasteiger partial charge in [0.1, 0.15) is 42.3 Å². The van der Waals surface area contributed by atoms with E-state index in [1.54, 1.807) is 41.5 Å². The van der Waals surface area contributed by atoms with Crippen molar-refractivity contribution < 1.29 is 65.3 Å². The van der Waals surface area contributed by atoms with Gasteiger partial charge in [0.05, 0.1) is 32.0 Å². The van der Waals surface area contributed by atoms with E-state index in [4.69, 9.17) is 28.8 Å². The van der Waals surface area contributed by atoms with Crippen molar-refractivity contribution in [1.29, 1.82) is 0 Å². The molecule has 0 radical (unpaired) electrons. The number of aliphatic hydroxyl groups is 4. The van der Waals surface area contributed by atoms with Crippen molar-refractivity contribution in [1.82, 2.24) is 37.2 Å². The molecule has 7 amide bonds. The van der Waals surface area contributed by atoms with E-state index < -0.39 is 133 Å². The molecule has 0 aliphatic carbocycles. The number of carboxylic acid groups (broad SMARTS) is 1. The van der Waals surface area contributed by atoms with Crippen molar-refractivity contribution >= 4 is 53.3 Å². The van der Waals surface area contributed by atoms with Gasteiger partial charge in [0.25, 0.3) is 0 Å². The minimum absolute atomic E-state index is 0.0314. The zero-order chi connectivity index (χ0) is 47.3. The second-order valence-corrected chi connectivity index (χ2v) is 15.1. The molecule has 0 aliphatic heterocycles. The summed E-state index contributed by atoms with van der Waals surface area (Å²) in [4.78, 5) is 108. The Bertz CT molecular complexity index is 1520. The summed E-state index contributed by atoms with van der Waals surface area (Å²) in [6.45, 7) is 8.38. The summed E-state index contributed by atoms with van der Waals surface area (Å²) in [5.74, 6) is -10.2. The molecule has 10 atom stereocenters. The Balaban J connectivity index is 6.28. The van der Waals surface area contributed by atoms with Crippen LogP contribution >= 0.6 is 0 Å². The molecule has 0 aliphatic rings. The van der Waals surface area contributed by atoms with Crippen LogP contribution in [-0.4, -0.2) is 160 Å². The molecule has 0 heterocycles. The third kappa shape index (κ3) is 19.7. The molecule has 24 nitrogen and oxygen atoms in total. The van der Waals surface area contributed by atoms with Crippen molar-refractivity contribution in [3.8, 4) is 0 Å². The van der Waals surface area contributed by atoms with Gasteiger partial charge in [-0.05, 0) is 43.9 Å². The number of carboxylic acids is 1. The molecule has 0 aromatic heterocycles. The van der Waals surface area contributed by atoms with Gasteiger partial charge in [-0.3, -0.25) is 38.6 Å². The Morgan fingerprint density at radius 3 is 1.72 bits per heavy atom. The molecule has 60 heavy (non-hydrogen) atoms. The second-order valence-electron chi connectivity index (χ2n) is 15.1. The first-order chi connectivity index (χ1) is 28.3. The first-order valence-corrected chi connectivity index (χ1v) is 19.6. The molecular formula is C36H67N11O13. The SMILES string of the molecule is [2H]N(C(=O)[C@@H](N)[C@H](O)C(C)C)[C@@H](CC(C)C)C(=O)N[C@@H](CCCN=C(N)N)C(=O)N[C@H](C(=O)N[C@H](C(=O)NCC(=O)N[C@@H](CO)C(=O)N[C@@H](CO)C(=O)O)[C@H](C)O)[C@@H](C)CC. The van der Waals surface area contributed by atoms with Crippen LogP contribution in [0.3, 0.4) is 0 Å². The predicted octanol–water partition coefficient (Wildman–Crippen LogP) is -6.05. The zero-order valence-corrected chi connectivity index (χ0v) is 35.2. The number of nitrogens with one attached hydrogen (secondary N) is 7. The minimum atomic E-state index is -1.73. The molecule has 0 saturated heterocycles. The number of nitrogens with zero attached hydrogens (tertiary/aromatic N) is 1. The first kappa shape index (κ1) is 52.8. The zero-order valence-electron chi connectivity index (χ0n) is 36.2. The van der Waals surface area contributed by atoms with E-state index in [-0.39, 0.29) is 37.7 Å². The summed E-state index contributed by atoms with van der Waals surface area (Å²) in [6.07, 6.45) is -2.60. The van der Waals surface area contributed by atoms with Crippen LogP contribution in [0.1, 0.15) is 74.1 Å². The maximum atomic E-state index is 13.9. The number of guanidine groups is 1. The number of hydrogen-bond acceptors (Lipinski definition) is 14. The van der Waals surface area contributed by atoms with Gasteiger partial charge in [-0.15, -0.1) is 0 Å². The minimum Gasteiger partial charge on any atom is -0.480 e. The molecule has 0 fully saturated rings. The van der Waals surface area contributed by atoms with Crippen molar-refractivity contribution in [3.05, 3.63) is 0 Å². The smallest absolute Gasteiger partial charge is 0.328 e. The molecule has 0 aromatic rings. The standard InChI is InChI=1S/C36H67N11O13/c1-8-18(6)26(34(58)47-27(19(7)50)33(57)41-13-24(51)42-22(14-48)31(55)45-23(15-49)35(59)60)46-29(53)20(10-9-11-40-36(38)39)43-30(54)21(12-16(2)3)44-32(56)25(37)28(52)17(4)5/h16-23,25-28,48-50,52H,8-15,37H2,1-7H3,(H,41,57)(H,42,51)(H,43,54)(H,44,56)(H,45,55)(H,46,53)(H,47,58)(H,59,60)(H4,38,39,40)/t18-,19-,20-,21-,22-,23-,25-,26-,27-,28+/m0/s1/i/hD. The van der Waals surface area contributed by atoms with Gasteiger partial charge >= 0.3 is 5.97 Å². The van der Waals surface area contributed by atoms with Crippen molar-refractivity contribution in [3.63, 3.8) is 0 Å². The summed E-state index contributed by atoms with van der Waals surface area (Å²) >= 11 is 0. The summed E-state index contributed by atoms with van der Waals surface area (Å²) < 4.78 is 8.53. The first-order valence-electron chi connectivity index (χ1n) is 20.0. The van der Waals surface area contributed by atoms with E-state index in [1.807, 2.05) is 5.32 Å². The lowest BCUT2D eigenvalue weighted by Crippen LogP contribution is -2.62. The number of amides is 7. The Morgan fingerprint density at radius 1 is 0.700 bits per heavy atom. The molecular weight excluding hydrogens is 794 g/mol. The molecule has 18 N–H and O–H groups in total. The lowest BCUT2D eigenvalue weighted by molar-refractivity contribution is -0.143. The maximum Gasteiger partial charge on any atom is 0.328 e. The number of nitrogens with two attached hydrogens (primary N) is 3. The van der Waals surface area contributed by atoms with Crippen LogP contribution in [0.15, 0.2) is 4.99 Å². The third-order valence-electron chi connectivity index (χ3n) is 9.11. The Morgan fingerprint density at radius 2 is 1.23 bits per heavy atom. The molecule has 0 rings (SSSR count). The van der Waals surface area contributed by atoms with E-state index in [2.05, 4.69) is 31.6 Å². The molecule has 0 spiro atoms. The van der Waals surface area contributed by atoms with Crippen molar-refractivity contribution in [2.45, 2.75) is 129 Å². The van der Waals surface area contributed by atoms with Gasteiger partial charge in [-0.2, -0.15) is 0 Å². The number of aliphatic carboxylic acids is 1. The summed E-state index contributed by atoms with van der Waals surface area (Å²) in [5.41, 5.74) is 16.8. The Hall–Kier alpha value is -5.17. The number of hydrogen-bond donors (Lipinski definition) is 15. The average molecular weight is 863 g/mol. The van der Waals surface area contributed by atoms with E-state index in [9.17, 15) is 53.7 Å². The Kier molecular flexibility index (Phi) is 24.3. The summed E-state index contributed by atoms with van der Waals surface area (Å²) in [6, 6.07) is -10.9. The highest BCUT2D eigenvalue weighted by Crippen LogP contribution is 2.13. The highest BCUT2D eigenvalue weighted by atomic mass is 16.4. The normalized spacial score (nSPS) is 16.5. The van der Waals surface area contributed by atoms with Gasteiger partial charge in [0.15, 0.2) is 7.37 Å². The number of rotatable bonds is 28. The van der Waals surface area contributed by atoms with Gasteiger partial charge in [-0.25, -0.2) is 4.79 Å². The molecule has 0 saturated carbocycles. The quantitative estimate of drug-likeness (QED) is 0.0198. The van der Waals surface area contributed by atoms with Crippen molar-refractivity contribution in [2.24, 2.45) is 39.9 Å². The third-order valence-corrected chi connectivity index (χ3v) is 9.11. The maximum absolute atomic E-state index is 13.9. The summed E-state index contributed by atoms with van der Waals surface area (Å²) in [5, 5.41) is 62.5. The number of aliphatic hydroxyl groups excluding tert-OH is 4. The number of carbonyl (C=O) groups is 8. The monoisotopic (exact) mass is 862 g/mol. The highest BCUT2D eigenvalue weighted by molar-refractivity contribution is 5.97. The number of aliphatic imine (C=N–C) groups is 1. The number of carbonyl (C=O) groups excluding carboxylic acids is 7. The van der Waals surface area contributed by atoms with Crippen molar-refractivity contribution in [2.75, 3.05) is 26.3 Å². The highest BCUT2D eigenvalue weighted by Gasteiger charge is 2.36. The molecule has 0 aromatic carbocycles. The molecule has 344 valence electrons. The average Bonchev–Trinajstić information content (AvgIpc) is 3.19. The Labute approximate surface area is 350 Å². The van der Waals surface area contributed by atoms with E-state index in [1.165, 1.54) is 0 Å². The van der Waals surface area contributed by atoms with Crippen LogP contribution in [0.25, 0.3) is 0 Å². The second kappa shape index (κ2) is 27.6. The lowest BCUT2D eigenvalue weighted by Gasteiger charge is -2.30. The van der Waals surface area contributed by atoms with Crippen LogP contribution < -0.4 is 54.4 Å². The van der Waals surface area contributed by atoms with Gasteiger partial charge in [0.2, 0.25) is 41.4 Å². The fourth-order valence-corrected chi connectivity index (χ4v) is 5.28. The van der Waals surface area contributed by atoms with Crippen LogP contribution in [0.4, 0.5) is 0 Å². The fraction of sp³-hybridized carbons (Fsp3) is 0.750. The van der Waals surface area contributed by atoms with Gasteiger partial charge in [0, 0.05) is 6.54 Å². The van der Waals surface area contributed by atoms with Crippen LogP contribution in [0.5, 0.6) is 0 Å². The van der Waals surface area contributed by atoms with Crippen LogP contribution in [-0.2, 0) is 38.4 Å². The molecule has 24 heteroatoms. The largest absolute Gasteiger partial charge is 0.480 e. The lowest BCUT2D eigenvalue weighted by atomic mass is 9.96. The van der Waals surface area contributed by atoms with Gasteiger partial charge < -0.3 is 79.9 Å². The topological polar surface area (TPSA) is 412 Å². The predicted molar refractivity (Wildman–Crippen MR) is 216 cm³/mol. The van der Waals surface area contributed by atoms with Crippen LogP contribution in [0, 0.1) is 17.8 Å². The summed E-state index contributed by atoms with van der Waals surface area (Å²) in [7, 11) is 0. The van der Waals surface area contributed by atoms with Crippen LogP contribution in [0.2, 0.25) is 1.41 Å².